The molecule has 3 nitrogen and oxygen atoms in total. The normalized spacial score (nSPS) is 16.5. The third kappa shape index (κ3) is 3.78. The molecule has 0 bridgehead atoms. The predicted octanol–water partition coefficient (Wildman–Crippen LogP) is 2.50. The minimum Gasteiger partial charge on any atom is -0.384 e. The van der Waals surface area contributed by atoms with Crippen molar-refractivity contribution in [2.75, 3.05) is 19.4 Å². The lowest BCUT2D eigenvalue weighted by Crippen LogP contribution is -2.38. The first-order valence-corrected chi connectivity index (χ1v) is 8.81. The van der Waals surface area contributed by atoms with Crippen molar-refractivity contribution in [3.63, 3.8) is 0 Å². The molecule has 1 aliphatic carbocycles. The fraction of sp³-hybridized carbons (Fsp3) is 0.533. The fourth-order valence-electron chi connectivity index (χ4n) is 2.46. The molecule has 1 aromatic heterocycles. The quantitative estimate of drug-likeness (QED) is 0.840. The van der Waals surface area contributed by atoms with E-state index in [-0.39, 0.29) is 17.3 Å². The molecule has 0 aliphatic heterocycles. The van der Waals surface area contributed by atoms with Crippen molar-refractivity contribution in [3.05, 3.63) is 21.9 Å². The van der Waals surface area contributed by atoms with Crippen LogP contribution in [-0.2, 0) is 0 Å². The zero-order valence-electron chi connectivity index (χ0n) is 11.6. The van der Waals surface area contributed by atoms with Gasteiger partial charge in [-0.25, -0.2) is 0 Å². The summed E-state index contributed by atoms with van der Waals surface area (Å²) in [6, 6.07) is 1.78. The molecule has 0 atom stereocenters. The zero-order valence-corrected chi connectivity index (χ0v) is 13.2. The second-order valence-electron chi connectivity index (χ2n) is 4.94. The number of rotatable bonds is 4. The second kappa shape index (κ2) is 7.16. The van der Waals surface area contributed by atoms with E-state index in [9.17, 15) is 4.79 Å². The van der Waals surface area contributed by atoms with Crippen LogP contribution in [0, 0.1) is 11.8 Å². The molecule has 2 rings (SSSR count). The molecule has 0 saturated heterocycles. The first kappa shape index (κ1) is 15.4. The number of carbonyl (C=O) groups is 1. The lowest BCUT2D eigenvalue weighted by molar-refractivity contribution is 0.0950. The molecule has 2 N–H and O–H groups in total. The summed E-state index contributed by atoms with van der Waals surface area (Å²) in [4.78, 5) is 12.9. The number of aliphatic hydroxyl groups is 1. The van der Waals surface area contributed by atoms with Crippen LogP contribution in [0.3, 0.4) is 0 Å². The molecule has 108 valence electrons. The van der Waals surface area contributed by atoms with Gasteiger partial charge in [0.25, 0.3) is 5.91 Å². The molecular formula is C15H19NO2S2. The number of hydrogen-bond donors (Lipinski definition) is 2. The fourth-order valence-corrected chi connectivity index (χ4v) is 4.13. The molecule has 0 aromatic carbocycles. The first-order chi connectivity index (χ1) is 9.69. The molecule has 1 aliphatic rings. The summed E-state index contributed by atoms with van der Waals surface area (Å²) < 4.78 is 0.227. The Kier molecular flexibility index (Phi) is 5.53. The number of aliphatic hydroxyl groups excluding tert-OH is 1. The van der Waals surface area contributed by atoms with Crippen molar-refractivity contribution in [2.45, 2.75) is 30.4 Å². The summed E-state index contributed by atoms with van der Waals surface area (Å²) in [5.74, 6) is 5.38. The predicted molar refractivity (Wildman–Crippen MR) is 85.3 cm³/mol. The van der Waals surface area contributed by atoms with Crippen LogP contribution in [-0.4, -0.2) is 35.2 Å². The van der Waals surface area contributed by atoms with Gasteiger partial charge in [-0.1, -0.05) is 24.7 Å². The van der Waals surface area contributed by atoms with Gasteiger partial charge in [-0.2, -0.15) is 11.8 Å². The Balaban J connectivity index is 1.93. The average molecular weight is 309 g/mol. The number of amides is 1. The molecule has 1 heterocycles. The topological polar surface area (TPSA) is 49.3 Å². The Morgan fingerprint density at radius 1 is 1.55 bits per heavy atom. The first-order valence-electron chi connectivity index (χ1n) is 6.71. The van der Waals surface area contributed by atoms with Crippen molar-refractivity contribution in [1.29, 1.82) is 0 Å². The van der Waals surface area contributed by atoms with Crippen LogP contribution in [0.1, 0.15) is 40.9 Å². The van der Waals surface area contributed by atoms with E-state index in [1.807, 2.05) is 17.1 Å². The van der Waals surface area contributed by atoms with Gasteiger partial charge in [0.2, 0.25) is 0 Å². The van der Waals surface area contributed by atoms with Crippen molar-refractivity contribution in [3.8, 4) is 11.8 Å². The van der Waals surface area contributed by atoms with E-state index >= 15 is 0 Å². The minimum absolute atomic E-state index is 0.0291. The van der Waals surface area contributed by atoms with Crippen LogP contribution in [0.5, 0.6) is 0 Å². The number of thiophene rings is 1. The SMILES string of the molecule is CSC1(CNC(=O)c2csc(C#CCO)c2)CCCC1. The third-order valence-electron chi connectivity index (χ3n) is 3.67. The Bertz CT molecular complexity index is 521. The van der Waals surface area contributed by atoms with Crippen molar-refractivity contribution < 1.29 is 9.90 Å². The monoisotopic (exact) mass is 309 g/mol. The summed E-state index contributed by atoms with van der Waals surface area (Å²) in [6.45, 7) is 0.580. The number of hydrogen-bond acceptors (Lipinski definition) is 4. The van der Waals surface area contributed by atoms with E-state index in [2.05, 4.69) is 23.4 Å². The summed E-state index contributed by atoms with van der Waals surface area (Å²) in [6.07, 6.45) is 7.02. The highest BCUT2D eigenvalue weighted by Gasteiger charge is 2.33. The number of carbonyl (C=O) groups excluding carboxylic acids is 1. The lowest BCUT2D eigenvalue weighted by atomic mass is 10.1. The van der Waals surface area contributed by atoms with Crippen molar-refractivity contribution in [1.82, 2.24) is 5.32 Å². The highest BCUT2D eigenvalue weighted by Crippen LogP contribution is 2.39. The standard InChI is InChI=1S/C15H19NO2S2/c1-19-15(6-2-3-7-15)11-16-14(18)12-9-13(20-10-12)5-4-8-17/h9-10,17H,2-3,6-8,11H2,1H3,(H,16,18). The Hall–Kier alpha value is -0.960. The molecule has 0 spiro atoms. The van der Waals surface area contributed by atoms with Gasteiger partial charge in [-0.15, -0.1) is 11.3 Å². The summed E-state index contributed by atoms with van der Waals surface area (Å²) in [5, 5.41) is 13.5. The van der Waals surface area contributed by atoms with Crippen LogP contribution >= 0.6 is 23.1 Å². The molecule has 1 aromatic rings. The van der Waals surface area contributed by atoms with E-state index in [1.54, 1.807) is 6.07 Å². The van der Waals surface area contributed by atoms with Gasteiger partial charge < -0.3 is 10.4 Å². The molecule has 20 heavy (non-hydrogen) atoms. The maximum Gasteiger partial charge on any atom is 0.252 e. The molecular weight excluding hydrogens is 290 g/mol. The van der Waals surface area contributed by atoms with Crippen LogP contribution in [0.2, 0.25) is 0 Å². The van der Waals surface area contributed by atoms with Gasteiger partial charge >= 0.3 is 0 Å². The summed E-state index contributed by atoms with van der Waals surface area (Å²) in [7, 11) is 0. The van der Waals surface area contributed by atoms with Crippen LogP contribution in [0.4, 0.5) is 0 Å². The Morgan fingerprint density at radius 2 is 2.30 bits per heavy atom. The van der Waals surface area contributed by atoms with Gasteiger partial charge in [0.15, 0.2) is 0 Å². The second-order valence-corrected chi connectivity index (χ2v) is 7.12. The van der Waals surface area contributed by atoms with Gasteiger partial charge in [-0.3, -0.25) is 4.79 Å². The Labute approximate surface area is 128 Å². The smallest absolute Gasteiger partial charge is 0.252 e. The van der Waals surface area contributed by atoms with Gasteiger partial charge in [0.05, 0.1) is 10.4 Å². The molecule has 0 unspecified atom stereocenters. The maximum absolute atomic E-state index is 12.1. The number of thioether (sulfide) groups is 1. The van der Waals surface area contributed by atoms with Gasteiger partial charge in [-0.05, 0) is 25.2 Å². The summed E-state index contributed by atoms with van der Waals surface area (Å²) in [5.41, 5.74) is 0.659. The van der Waals surface area contributed by atoms with Crippen molar-refractivity contribution in [2.24, 2.45) is 0 Å². The molecule has 1 amide bonds. The molecule has 5 heteroatoms. The lowest BCUT2D eigenvalue weighted by Gasteiger charge is -2.26. The minimum atomic E-state index is -0.157. The maximum atomic E-state index is 12.1. The largest absolute Gasteiger partial charge is 0.384 e. The van der Waals surface area contributed by atoms with Gasteiger partial charge in [0.1, 0.15) is 6.61 Å². The molecule has 0 radical (unpaired) electrons. The van der Waals surface area contributed by atoms with Gasteiger partial charge in [0, 0.05) is 16.7 Å². The molecule has 1 saturated carbocycles. The van der Waals surface area contributed by atoms with Crippen LogP contribution in [0.15, 0.2) is 11.4 Å². The van der Waals surface area contributed by atoms with Crippen LogP contribution < -0.4 is 5.32 Å². The van der Waals surface area contributed by atoms with E-state index in [0.29, 0.717) is 5.56 Å². The third-order valence-corrected chi connectivity index (χ3v) is 5.94. The zero-order chi connectivity index (χ0) is 14.4. The highest BCUT2D eigenvalue weighted by atomic mass is 32.2. The highest BCUT2D eigenvalue weighted by molar-refractivity contribution is 8.00. The average Bonchev–Trinajstić information content (AvgIpc) is 3.12. The van der Waals surface area contributed by atoms with Crippen LogP contribution in [0.25, 0.3) is 0 Å². The van der Waals surface area contributed by atoms with E-state index in [1.165, 1.54) is 37.0 Å². The van der Waals surface area contributed by atoms with E-state index in [0.717, 1.165) is 11.4 Å². The van der Waals surface area contributed by atoms with E-state index in [4.69, 9.17) is 5.11 Å². The summed E-state index contributed by atoms with van der Waals surface area (Å²) >= 11 is 3.30. The molecule has 1 fully saturated rings. The van der Waals surface area contributed by atoms with E-state index < -0.39 is 0 Å². The van der Waals surface area contributed by atoms with Crippen molar-refractivity contribution >= 4 is 29.0 Å². The Morgan fingerprint density at radius 3 is 2.95 bits per heavy atom. The number of nitrogens with one attached hydrogen (secondary N) is 1.